The summed E-state index contributed by atoms with van der Waals surface area (Å²) >= 11 is 0. The first kappa shape index (κ1) is 18.5. The van der Waals surface area contributed by atoms with Gasteiger partial charge in [-0.05, 0) is 43.7 Å². The minimum Gasteiger partial charge on any atom is -0.325 e. The summed E-state index contributed by atoms with van der Waals surface area (Å²) in [6, 6.07) is 8.03. The van der Waals surface area contributed by atoms with Gasteiger partial charge in [0.15, 0.2) is 9.84 Å². The zero-order valence-electron chi connectivity index (χ0n) is 13.4. The highest BCUT2D eigenvalue weighted by atomic mass is 32.2. The number of nitrogens with one attached hydrogen (secondary N) is 1. The molecule has 0 aliphatic heterocycles. The van der Waals surface area contributed by atoms with Gasteiger partial charge in [-0.25, -0.2) is 12.8 Å². The Morgan fingerprint density at radius 3 is 2.36 bits per heavy atom. The SMILES string of the molecule is Cc1ccc(F)cc1NC(=O)[C@@H](C)S(=O)(=O)c1ccc([N+](=O)[O-])cc1. The lowest BCUT2D eigenvalue weighted by molar-refractivity contribution is -0.384. The third-order valence-corrected chi connectivity index (χ3v) is 5.74. The second kappa shape index (κ2) is 6.98. The van der Waals surface area contributed by atoms with Gasteiger partial charge in [-0.2, -0.15) is 0 Å². The first-order valence-electron chi connectivity index (χ1n) is 7.18. The number of hydrogen-bond donors (Lipinski definition) is 1. The second-order valence-corrected chi connectivity index (χ2v) is 7.66. The van der Waals surface area contributed by atoms with Crippen LogP contribution >= 0.6 is 0 Å². The summed E-state index contributed by atoms with van der Waals surface area (Å²) in [5.41, 5.74) is 0.497. The van der Waals surface area contributed by atoms with E-state index in [1.54, 1.807) is 6.92 Å². The fourth-order valence-electron chi connectivity index (χ4n) is 2.07. The molecule has 9 heteroatoms. The molecule has 2 aromatic carbocycles. The molecule has 25 heavy (non-hydrogen) atoms. The number of carbonyl (C=O) groups excluding carboxylic acids is 1. The number of nitro groups is 1. The van der Waals surface area contributed by atoms with Gasteiger partial charge < -0.3 is 5.32 Å². The number of anilines is 1. The second-order valence-electron chi connectivity index (χ2n) is 5.39. The molecule has 0 heterocycles. The van der Waals surface area contributed by atoms with Gasteiger partial charge in [0.1, 0.15) is 11.1 Å². The van der Waals surface area contributed by atoms with Crippen LogP contribution in [0.1, 0.15) is 12.5 Å². The van der Waals surface area contributed by atoms with E-state index in [-0.39, 0.29) is 16.3 Å². The van der Waals surface area contributed by atoms with Crippen LogP contribution in [0.4, 0.5) is 15.8 Å². The summed E-state index contributed by atoms with van der Waals surface area (Å²) in [6.07, 6.45) is 0. The van der Waals surface area contributed by atoms with E-state index in [4.69, 9.17) is 0 Å². The Kier molecular flexibility index (Phi) is 5.17. The number of halogens is 1. The van der Waals surface area contributed by atoms with Gasteiger partial charge in [0.05, 0.1) is 9.82 Å². The zero-order valence-corrected chi connectivity index (χ0v) is 14.2. The minimum atomic E-state index is -4.05. The van der Waals surface area contributed by atoms with E-state index in [9.17, 15) is 27.7 Å². The summed E-state index contributed by atoms with van der Waals surface area (Å²) < 4.78 is 38.3. The van der Waals surface area contributed by atoms with Gasteiger partial charge in [0, 0.05) is 17.8 Å². The molecule has 0 saturated heterocycles. The Labute approximate surface area is 143 Å². The van der Waals surface area contributed by atoms with Crippen LogP contribution in [0.15, 0.2) is 47.4 Å². The van der Waals surface area contributed by atoms with Gasteiger partial charge in [-0.15, -0.1) is 0 Å². The van der Waals surface area contributed by atoms with Crippen molar-refractivity contribution in [3.8, 4) is 0 Å². The molecule has 0 spiro atoms. The number of nitrogens with zero attached hydrogens (tertiary/aromatic N) is 1. The van der Waals surface area contributed by atoms with Crippen LogP contribution in [-0.4, -0.2) is 24.5 Å². The quantitative estimate of drug-likeness (QED) is 0.647. The molecule has 1 amide bonds. The number of hydrogen-bond acceptors (Lipinski definition) is 5. The lowest BCUT2D eigenvalue weighted by Crippen LogP contribution is -2.32. The van der Waals surface area contributed by atoms with E-state index in [0.717, 1.165) is 30.3 Å². The van der Waals surface area contributed by atoms with Gasteiger partial charge in [0.2, 0.25) is 5.91 Å². The molecule has 2 rings (SSSR count). The van der Waals surface area contributed by atoms with Crippen molar-refractivity contribution in [3.05, 3.63) is 64.0 Å². The number of nitro benzene ring substituents is 1. The highest BCUT2D eigenvalue weighted by Crippen LogP contribution is 2.22. The Hall–Kier alpha value is -2.81. The Bertz CT molecular complexity index is 926. The Morgan fingerprint density at radius 2 is 1.80 bits per heavy atom. The summed E-state index contributed by atoms with van der Waals surface area (Å²) in [7, 11) is -4.05. The van der Waals surface area contributed by atoms with Gasteiger partial charge in [-0.1, -0.05) is 6.07 Å². The number of rotatable bonds is 5. The maximum atomic E-state index is 13.3. The minimum absolute atomic E-state index is 0.177. The van der Waals surface area contributed by atoms with E-state index in [2.05, 4.69) is 5.32 Å². The fourth-order valence-corrected chi connectivity index (χ4v) is 3.33. The molecular weight excluding hydrogens is 351 g/mol. The standard InChI is InChI=1S/C16H15FN2O5S/c1-10-3-4-12(17)9-15(10)18-16(20)11(2)25(23,24)14-7-5-13(6-8-14)19(21)22/h3-9,11H,1-2H3,(H,18,20)/t11-/m1/s1. The normalized spacial score (nSPS) is 12.4. The fraction of sp³-hybridized carbons (Fsp3) is 0.188. The van der Waals surface area contributed by atoms with Crippen molar-refractivity contribution in [2.24, 2.45) is 0 Å². The van der Waals surface area contributed by atoms with Crippen molar-refractivity contribution in [3.63, 3.8) is 0 Å². The number of benzene rings is 2. The van der Waals surface area contributed by atoms with E-state index in [1.807, 2.05) is 0 Å². The maximum Gasteiger partial charge on any atom is 0.269 e. The lowest BCUT2D eigenvalue weighted by Gasteiger charge is -2.14. The molecule has 1 atom stereocenters. The third-order valence-electron chi connectivity index (χ3n) is 3.67. The van der Waals surface area contributed by atoms with Crippen molar-refractivity contribution in [1.29, 1.82) is 0 Å². The van der Waals surface area contributed by atoms with Gasteiger partial charge >= 0.3 is 0 Å². The average molecular weight is 366 g/mol. The molecule has 0 radical (unpaired) electrons. The molecule has 1 N–H and O–H groups in total. The average Bonchev–Trinajstić information content (AvgIpc) is 2.57. The molecule has 0 bridgehead atoms. The molecule has 7 nitrogen and oxygen atoms in total. The van der Waals surface area contributed by atoms with Crippen molar-refractivity contribution in [1.82, 2.24) is 0 Å². The van der Waals surface area contributed by atoms with E-state index >= 15 is 0 Å². The first-order valence-corrected chi connectivity index (χ1v) is 8.73. The number of non-ortho nitro benzene ring substituents is 1. The van der Waals surface area contributed by atoms with Crippen LogP contribution < -0.4 is 5.32 Å². The summed E-state index contributed by atoms with van der Waals surface area (Å²) in [4.78, 5) is 22.0. The lowest BCUT2D eigenvalue weighted by atomic mass is 10.2. The van der Waals surface area contributed by atoms with Crippen LogP contribution in [0.2, 0.25) is 0 Å². The topological polar surface area (TPSA) is 106 Å². The molecule has 132 valence electrons. The van der Waals surface area contributed by atoms with Crippen molar-refractivity contribution >= 4 is 27.1 Å². The molecule has 0 saturated carbocycles. The van der Waals surface area contributed by atoms with Crippen LogP contribution in [0.5, 0.6) is 0 Å². The first-order chi connectivity index (χ1) is 11.6. The molecular formula is C16H15FN2O5S. The molecule has 0 fully saturated rings. The van der Waals surface area contributed by atoms with Crippen LogP contribution in [0.3, 0.4) is 0 Å². The molecule has 2 aromatic rings. The Morgan fingerprint density at radius 1 is 1.20 bits per heavy atom. The van der Waals surface area contributed by atoms with Crippen molar-refractivity contribution < 1.29 is 22.5 Å². The van der Waals surface area contributed by atoms with Gasteiger partial charge in [-0.3, -0.25) is 14.9 Å². The zero-order chi connectivity index (χ0) is 18.8. The van der Waals surface area contributed by atoms with Crippen molar-refractivity contribution in [2.75, 3.05) is 5.32 Å². The summed E-state index contributed by atoms with van der Waals surface area (Å²) in [5.74, 6) is -1.39. The maximum absolute atomic E-state index is 13.3. The largest absolute Gasteiger partial charge is 0.325 e. The molecule has 0 aliphatic rings. The predicted molar refractivity (Wildman–Crippen MR) is 89.5 cm³/mol. The smallest absolute Gasteiger partial charge is 0.269 e. The van der Waals surface area contributed by atoms with E-state index in [0.29, 0.717) is 5.56 Å². The summed E-state index contributed by atoms with van der Waals surface area (Å²) in [6.45, 7) is 2.84. The highest BCUT2D eigenvalue weighted by molar-refractivity contribution is 7.92. The third kappa shape index (κ3) is 4.00. The Balaban J connectivity index is 2.25. The van der Waals surface area contributed by atoms with Crippen LogP contribution in [0, 0.1) is 22.9 Å². The number of sulfone groups is 1. The van der Waals surface area contributed by atoms with Gasteiger partial charge in [0.25, 0.3) is 5.69 Å². The van der Waals surface area contributed by atoms with Crippen molar-refractivity contribution in [2.45, 2.75) is 24.0 Å². The number of amides is 1. The molecule has 0 aromatic heterocycles. The molecule has 0 aliphatic carbocycles. The molecule has 0 unspecified atom stereocenters. The van der Waals surface area contributed by atoms with E-state index in [1.165, 1.54) is 19.1 Å². The number of aryl methyl sites for hydroxylation is 1. The summed E-state index contributed by atoms with van der Waals surface area (Å²) in [5, 5.41) is 11.6. The van der Waals surface area contributed by atoms with Crippen LogP contribution in [0.25, 0.3) is 0 Å². The monoisotopic (exact) mass is 366 g/mol. The number of carbonyl (C=O) groups is 1. The predicted octanol–water partition coefficient (Wildman–Crippen LogP) is 2.84. The van der Waals surface area contributed by atoms with E-state index < -0.39 is 31.7 Å². The van der Waals surface area contributed by atoms with Crippen LogP contribution in [-0.2, 0) is 14.6 Å². The highest BCUT2D eigenvalue weighted by Gasteiger charge is 2.30.